The maximum atomic E-state index is 13.3. The van der Waals surface area contributed by atoms with E-state index < -0.39 is 0 Å². The number of aryl methyl sites for hydroxylation is 1. The number of halogens is 1. The minimum Gasteiger partial charge on any atom is -0.486 e. The highest BCUT2D eigenvalue weighted by Crippen LogP contribution is 2.14. The highest BCUT2D eigenvalue weighted by Gasteiger charge is 2.04. The van der Waals surface area contributed by atoms with Crippen LogP contribution in [0.15, 0.2) is 30.6 Å². The standard InChI is InChI=1S/C14H18FN3O/c1-2-5-18-9-13(8-17-18)19-10-11-3-4-14(15)12(6-11)7-16/h3-4,6,8-9H,2,5,7,10,16H2,1H3. The zero-order chi connectivity index (χ0) is 13.7. The van der Waals surface area contributed by atoms with Gasteiger partial charge in [0, 0.05) is 18.7 Å². The largest absolute Gasteiger partial charge is 0.486 e. The molecule has 5 heteroatoms. The smallest absolute Gasteiger partial charge is 0.157 e. The first-order valence-corrected chi connectivity index (χ1v) is 6.35. The number of hydrogen-bond acceptors (Lipinski definition) is 3. The van der Waals surface area contributed by atoms with E-state index in [2.05, 4.69) is 12.0 Å². The fourth-order valence-electron chi connectivity index (χ4n) is 1.81. The molecule has 0 aliphatic rings. The van der Waals surface area contributed by atoms with Crippen LogP contribution in [0.4, 0.5) is 4.39 Å². The van der Waals surface area contributed by atoms with Crippen LogP contribution in [0.5, 0.6) is 5.75 Å². The zero-order valence-corrected chi connectivity index (χ0v) is 11.0. The predicted octanol–water partition coefficient (Wildman–Crippen LogP) is 2.47. The SMILES string of the molecule is CCCn1cc(OCc2ccc(F)c(CN)c2)cn1. The summed E-state index contributed by atoms with van der Waals surface area (Å²) in [5.74, 6) is 0.439. The lowest BCUT2D eigenvalue weighted by Crippen LogP contribution is -2.02. The van der Waals surface area contributed by atoms with Crippen LogP contribution in [0.25, 0.3) is 0 Å². The van der Waals surface area contributed by atoms with Crippen molar-refractivity contribution in [1.29, 1.82) is 0 Å². The summed E-state index contributed by atoms with van der Waals surface area (Å²) in [5, 5.41) is 4.18. The molecule has 0 spiro atoms. The molecular formula is C14H18FN3O. The average Bonchev–Trinajstić information content (AvgIpc) is 2.86. The molecule has 0 radical (unpaired) electrons. The van der Waals surface area contributed by atoms with Gasteiger partial charge in [-0.15, -0.1) is 0 Å². The van der Waals surface area contributed by atoms with Crippen molar-refractivity contribution in [3.05, 3.63) is 47.5 Å². The minimum absolute atomic E-state index is 0.189. The Kier molecular flexibility index (Phi) is 4.52. The first-order chi connectivity index (χ1) is 9.22. The molecule has 1 aromatic carbocycles. The normalized spacial score (nSPS) is 10.7. The Hall–Kier alpha value is -1.88. The molecule has 0 atom stereocenters. The van der Waals surface area contributed by atoms with Crippen molar-refractivity contribution in [1.82, 2.24) is 9.78 Å². The number of hydrogen-bond donors (Lipinski definition) is 1. The highest BCUT2D eigenvalue weighted by atomic mass is 19.1. The molecule has 0 amide bonds. The van der Waals surface area contributed by atoms with Gasteiger partial charge in [-0.25, -0.2) is 4.39 Å². The third-order valence-corrected chi connectivity index (χ3v) is 2.80. The molecular weight excluding hydrogens is 245 g/mol. The summed E-state index contributed by atoms with van der Waals surface area (Å²) in [6.45, 7) is 3.53. The Bertz CT molecular complexity index is 539. The molecule has 2 N–H and O–H groups in total. The zero-order valence-electron chi connectivity index (χ0n) is 11.0. The van der Waals surface area contributed by atoms with Crippen molar-refractivity contribution in [3.63, 3.8) is 0 Å². The molecule has 1 aromatic heterocycles. The maximum absolute atomic E-state index is 13.3. The predicted molar refractivity (Wildman–Crippen MR) is 71.1 cm³/mol. The molecule has 2 aromatic rings. The van der Waals surface area contributed by atoms with E-state index in [1.807, 2.05) is 10.9 Å². The summed E-state index contributed by atoms with van der Waals surface area (Å²) < 4.78 is 20.7. The molecule has 0 aliphatic heterocycles. The summed E-state index contributed by atoms with van der Waals surface area (Å²) in [4.78, 5) is 0. The quantitative estimate of drug-likeness (QED) is 0.871. The van der Waals surface area contributed by atoms with Crippen LogP contribution in [-0.2, 0) is 19.7 Å². The first-order valence-electron chi connectivity index (χ1n) is 6.35. The lowest BCUT2D eigenvalue weighted by atomic mass is 10.1. The lowest BCUT2D eigenvalue weighted by molar-refractivity contribution is 0.305. The van der Waals surface area contributed by atoms with Crippen molar-refractivity contribution >= 4 is 0 Å². The molecule has 0 bridgehead atoms. The average molecular weight is 263 g/mol. The van der Waals surface area contributed by atoms with Gasteiger partial charge in [-0.2, -0.15) is 5.10 Å². The number of ether oxygens (including phenoxy) is 1. The van der Waals surface area contributed by atoms with E-state index in [-0.39, 0.29) is 12.4 Å². The van der Waals surface area contributed by atoms with Crippen LogP contribution in [0.3, 0.4) is 0 Å². The Labute approximate surface area is 112 Å². The van der Waals surface area contributed by atoms with Crippen LogP contribution in [0, 0.1) is 5.82 Å². The van der Waals surface area contributed by atoms with Gasteiger partial charge in [0.1, 0.15) is 12.4 Å². The Morgan fingerprint density at radius 3 is 3.00 bits per heavy atom. The fourth-order valence-corrected chi connectivity index (χ4v) is 1.81. The second kappa shape index (κ2) is 6.33. The van der Waals surface area contributed by atoms with Crippen LogP contribution >= 0.6 is 0 Å². The van der Waals surface area contributed by atoms with Crippen LogP contribution in [0.1, 0.15) is 24.5 Å². The van der Waals surface area contributed by atoms with Crippen LogP contribution in [-0.4, -0.2) is 9.78 Å². The Morgan fingerprint density at radius 1 is 1.42 bits per heavy atom. The topological polar surface area (TPSA) is 53.1 Å². The van der Waals surface area contributed by atoms with Gasteiger partial charge in [0.2, 0.25) is 0 Å². The van der Waals surface area contributed by atoms with Gasteiger partial charge in [0.15, 0.2) is 5.75 Å². The maximum Gasteiger partial charge on any atom is 0.157 e. The van der Waals surface area contributed by atoms with Crippen molar-refractivity contribution in [2.24, 2.45) is 5.73 Å². The van der Waals surface area contributed by atoms with E-state index in [0.29, 0.717) is 17.9 Å². The number of nitrogens with zero attached hydrogens (tertiary/aromatic N) is 2. The molecule has 2 rings (SSSR count). The van der Waals surface area contributed by atoms with Crippen molar-refractivity contribution < 1.29 is 9.13 Å². The summed E-state index contributed by atoms with van der Waals surface area (Å²) in [5.41, 5.74) is 6.87. The van der Waals surface area contributed by atoms with Gasteiger partial charge in [-0.05, 0) is 24.1 Å². The van der Waals surface area contributed by atoms with E-state index in [9.17, 15) is 4.39 Å². The Balaban J connectivity index is 1.97. The van der Waals surface area contributed by atoms with Gasteiger partial charge in [0.25, 0.3) is 0 Å². The molecule has 0 fully saturated rings. The number of rotatable bonds is 6. The number of nitrogens with two attached hydrogens (primary N) is 1. The number of aromatic nitrogens is 2. The molecule has 0 aliphatic carbocycles. The van der Waals surface area contributed by atoms with E-state index in [4.69, 9.17) is 10.5 Å². The second-order valence-electron chi connectivity index (χ2n) is 4.36. The summed E-state index contributed by atoms with van der Waals surface area (Å²) in [7, 11) is 0. The van der Waals surface area contributed by atoms with E-state index in [1.165, 1.54) is 6.07 Å². The van der Waals surface area contributed by atoms with Crippen LogP contribution in [0.2, 0.25) is 0 Å². The van der Waals surface area contributed by atoms with E-state index in [0.717, 1.165) is 18.5 Å². The van der Waals surface area contributed by atoms with E-state index >= 15 is 0 Å². The highest BCUT2D eigenvalue weighted by molar-refractivity contribution is 5.25. The second-order valence-corrected chi connectivity index (χ2v) is 4.36. The van der Waals surface area contributed by atoms with Gasteiger partial charge < -0.3 is 10.5 Å². The summed E-state index contributed by atoms with van der Waals surface area (Å²) >= 11 is 0. The van der Waals surface area contributed by atoms with Gasteiger partial charge in [0.05, 0.1) is 12.4 Å². The molecule has 0 saturated carbocycles. The molecule has 4 nitrogen and oxygen atoms in total. The molecule has 0 saturated heterocycles. The molecule has 19 heavy (non-hydrogen) atoms. The Morgan fingerprint density at radius 2 is 2.26 bits per heavy atom. The van der Waals surface area contributed by atoms with Crippen molar-refractivity contribution in [3.8, 4) is 5.75 Å². The molecule has 1 heterocycles. The van der Waals surface area contributed by atoms with Gasteiger partial charge >= 0.3 is 0 Å². The summed E-state index contributed by atoms with van der Waals surface area (Å²) in [6, 6.07) is 4.85. The van der Waals surface area contributed by atoms with Crippen molar-refractivity contribution in [2.75, 3.05) is 0 Å². The van der Waals surface area contributed by atoms with Crippen LogP contribution < -0.4 is 10.5 Å². The molecule has 0 unspecified atom stereocenters. The monoisotopic (exact) mass is 263 g/mol. The lowest BCUT2D eigenvalue weighted by Gasteiger charge is -2.06. The van der Waals surface area contributed by atoms with E-state index in [1.54, 1.807) is 18.3 Å². The van der Waals surface area contributed by atoms with Crippen molar-refractivity contribution in [2.45, 2.75) is 33.0 Å². The fraction of sp³-hybridized carbons (Fsp3) is 0.357. The number of benzene rings is 1. The summed E-state index contributed by atoms with van der Waals surface area (Å²) in [6.07, 6.45) is 4.57. The van der Waals surface area contributed by atoms with Gasteiger partial charge in [-0.3, -0.25) is 4.68 Å². The third-order valence-electron chi connectivity index (χ3n) is 2.80. The van der Waals surface area contributed by atoms with Gasteiger partial charge in [-0.1, -0.05) is 13.0 Å². The minimum atomic E-state index is -0.276. The first kappa shape index (κ1) is 13.5. The molecule has 102 valence electrons. The third kappa shape index (κ3) is 3.54.